The lowest BCUT2D eigenvalue weighted by atomic mass is 10.1. The second-order valence-corrected chi connectivity index (χ2v) is 8.58. The van der Waals surface area contributed by atoms with Crippen LogP contribution >= 0.6 is 0 Å². The number of carbonyl (C=O) groups is 2. The topological polar surface area (TPSA) is 62.3 Å². The Kier molecular flexibility index (Phi) is 8.70. The number of hydrogen-bond donors (Lipinski definition) is 1. The second kappa shape index (κ2) is 12.5. The summed E-state index contributed by atoms with van der Waals surface area (Å²) in [6.45, 7) is 0.255. The molecular weight excluding hydrogens is 472 g/mol. The highest BCUT2D eigenvalue weighted by molar-refractivity contribution is 5.94. The van der Waals surface area contributed by atoms with Gasteiger partial charge in [0.2, 0.25) is 11.8 Å². The van der Waals surface area contributed by atoms with E-state index < -0.39 is 0 Å². The summed E-state index contributed by atoms with van der Waals surface area (Å²) < 4.78 is 27.8. The number of anilines is 2. The van der Waals surface area contributed by atoms with Crippen molar-refractivity contribution in [2.75, 3.05) is 10.2 Å². The van der Waals surface area contributed by atoms with E-state index in [0.717, 1.165) is 0 Å². The molecular formula is C30H27F2N3O2. The summed E-state index contributed by atoms with van der Waals surface area (Å²) in [6, 6.07) is 25.2. The molecule has 0 fully saturated rings. The van der Waals surface area contributed by atoms with Gasteiger partial charge in [-0.2, -0.15) is 0 Å². The highest BCUT2D eigenvalue weighted by Crippen LogP contribution is 2.22. The van der Waals surface area contributed by atoms with Gasteiger partial charge in [0.15, 0.2) is 0 Å². The van der Waals surface area contributed by atoms with E-state index in [1.807, 2.05) is 12.1 Å². The van der Waals surface area contributed by atoms with Crippen molar-refractivity contribution >= 4 is 23.2 Å². The number of halogens is 2. The SMILES string of the molecule is O=C(CCc1ccccc1F)Nc1ccc(N(Cc2ccccn2)C(=O)CCc2ccccc2F)cc1. The highest BCUT2D eigenvalue weighted by atomic mass is 19.1. The van der Waals surface area contributed by atoms with Crippen molar-refractivity contribution in [3.8, 4) is 0 Å². The molecule has 0 bridgehead atoms. The van der Waals surface area contributed by atoms with Crippen molar-refractivity contribution in [2.24, 2.45) is 0 Å². The average molecular weight is 500 g/mol. The third-order valence-corrected chi connectivity index (χ3v) is 5.96. The van der Waals surface area contributed by atoms with Crippen LogP contribution in [0.25, 0.3) is 0 Å². The molecule has 5 nitrogen and oxygen atoms in total. The summed E-state index contributed by atoms with van der Waals surface area (Å²) in [5.41, 5.74) is 2.90. The van der Waals surface area contributed by atoms with Crippen LogP contribution in [0.4, 0.5) is 20.2 Å². The number of benzene rings is 3. The fourth-order valence-corrected chi connectivity index (χ4v) is 3.95. The highest BCUT2D eigenvalue weighted by Gasteiger charge is 2.18. The van der Waals surface area contributed by atoms with Crippen LogP contribution in [0.15, 0.2) is 97.2 Å². The minimum Gasteiger partial charge on any atom is -0.326 e. The Balaban J connectivity index is 1.42. The number of nitrogens with one attached hydrogen (secondary N) is 1. The van der Waals surface area contributed by atoms with E-state index in [1.54, 1.807) is 77.8 Å². The lowest BCUT2D eigenvalue weighted by Gasteiger charge is -2.23. The van der Waals surface area contributed by atoms with Crippen LogP contribution < -0.4 is 10.2 Å². The van der Waals surface area contributed by atoms with Gasteiger partial charge in [0.05, 0.1) is 12.2 Å². The van der Waals surface area contributed by atoms with Gasteiger partial charge in [0, 0.05) is 30.4 Å². The Morgan fingerprint density at radius 3 is 1.92 bits per heavy atom. The van der Waals surface area contributed by atoms with Crippen LogP contribution in [0.3, 0.4) is 0 Å². The largest absolute Gasteiger partial charge is 0.326 e. The van der Waals surface area contributed by atoms with E-state index in [2.05, 4.69) is 10.3 Å². The maximum atomic E-state index is 14.0. The number of aryl methyl sites for hydroxylation is 2. The molecule has 0 unspecified atom stereocenters. The number of hydrogen-bond acceptors (Lipinski definition) is 3. The van der Waals surface area contributed by atoms with Crippen molar-refractivity contribution in [1.29, 1.82) is 0 Å². The molecule has 0 saturated heterocycles. The van der Waals surface area contributed by atoms with E-state index in [4.69, 9.17) is 0 Å². The van der Waals surface area contributed by atoms with Crippen molar-refractivity contribution in [1.82, 2.24) is 4.98 Å². The summed E-state index contributed by atoms with van der Waals surface area (Å²) in [6.07, 6.45) is 2.51. The van der Waals surface area contributed by atoms with Crippen LogP contribution in [-0.2, 0) is 29.0 Å². The van der Waals surface area contributed by atoms with Crippen LogP contribution in [-0.4, -0.2) is 16.8 Å². The summed E-state index contributed by atoms with van der Waals surface area (Å²) in [4.78, 5) is 31.5. The third kappa shape index (κ3) is 7.30. The molecule has 1 N–H and O–H groups in total. The Labute approximate surface area is 214 Å². The molecule has 0 aliphatic heterocycles. The van der Waals surface area contributed by atoms with E-state index in [0.29, 0.717) is 34.6 Å². The molecule has 0 saturated carbocycles. The lowest BCUT2D eigenvalue weighted by molar-refractivity contribution is -0.119. The lowest BCUT2D eigenvalue weighted by Crippen LogP contribution is -2.31. The van der Waals surface area contributed by atoms with Gasteiger partial charge in [-0.05, 0) is 72.5 Å². The fraction of sp³-hybridized carbons (Fsp3) is 0.167. The Morgan fingerprint density at radius 1 is 0.730 bits per heavy atom. The van der Waals surface area contributed by atoms with Crippen LogP contribution in [0, 0.1) is 11.6 Å². The molecule has 7 heteroatoms. The molecule has 4 rings (SSSR count). The molecule has 4 aromatic rings. The molecule has 0 atom stereocenters. The molecule has 3 aromatic carbocycles. The zero-order valence-electron chi connectivity index (χ0n) is 20.2. The number of aromatic nitrogens is 1. The van der Waals surface area contributed by atoms with Gasteiger partial charge >= 0.3 is 0 Å². The van der Waals surface area contributed by atoms with Crippen LogP contribution in [0.2, 0.25) is 0 Å². The molecule has 2 amide bonds. The maximum absolute atomic E-state index is 14.0. The number of carbonyl (C=O) groups excluding carboxylic acids is 2. The molecule has 1 aromatic heterocycles. The number of pyridine rings is 1. The summed E-state index contributed by atoms with van der Waals surface area (Å²) >= 11 is 0. The van der Waals surface area contributed by atoms with Crippen molar-refractivity contribution < 1.29 is 18.4 Å². The van der Waals surface area contributed by atoms with Crippen molar-refractivity contribution in [3.63, 3.8) is 0 Å². The zero-order valence-corrected chi connectivity index (χ0v) is 20.2. The Morgan fingerprint density at radius 2 is 1.32 bits per heavy atom. The van der Waals surface area contributed by atoms with E-state index in [9.17, 15) is 18.4 Å². The first kappa shape index (κ1) is 25.7. The fourth-order valence-electron chi connectivity index (χ4n) is 3.95. The van der Waals surface area contributed by atoms with E-state index in [1.165, 1.54) is 12.1 Å². The molecule has 0 aliphatic rings. The first-order valence-corrected chi connectivity index (χ1v) is 12.1. The maximum Gasteiger partial charge on any atom is 0.227 e. The summed E-state index contributed by atoms with van der Waals surface area (Å²) in [5, 5.41) is 2.81. The third-order valence-electron chi connectivity index (χ3n) is 5.96. The Bertz CT molecular complexity index is 1340. The minimum absolute atomic E-state index is 0.127. The van der Waals surface area contributed by atoms with Gasteiger partial charge < -0.3 is 10.2 Å². The molecule has 0 aliphatic carbocycles. The molecule has 37 heavy (non-hydrogen) atoms. The van der Waals surface area contributed by atoms with Gasteiger partial charge in [-0.1, -0.05) is 42.5 Å². The molecule has 0 radical (unpaired) electrons. The van der Waals surface area contributed by atoms with Crippen molar-refractivity contribution in [2.45, 2.75) is 32.2 Å². The van der Waals surface area contributed by atoms with Gasteiger partial charge in [-0.3, -0.25) is 14.6 Å². The predicted molar refractivity (Wildman–Crippen MR) is 140 cm³/mol. The van der Waals surface area contributed by atoms with Crippen molar-refractivity contribution in [3.05, 3.63) is 126 Å². The standard InChI is InChI=1S/C30H27F2N3O2/c31-27-10-3-1-7-22(27)12-18-29(36)34-24-14-16-26(17-15-24)35(21-25-9-5-6-20-33-25)30(37)19-13-23-8-2-4-11-28(23)32/h1-11,14-17,20H,12-13,18-19,21H2,(H,34,36). The summed E-state index contributed by atoms with van der Waals surface area (Å²) in [7, 11) is 0. The van der Waals surface area contributed by atoms with Gasteiger partial charge in [-0.25, -0.2) is 8.78 Å². The quantitative estimate of drug-likeness (QED) is 0.287. The molecule has 0 spiro atoms. The van der Waals surface area contributed by atoms with Gasteiger partial charge in [0.25, 0.3) is 0 Å². The smallest absolute Gasteiger partial charge is 0.227 e. The number of nitrogens with zero attached hydrogens (tertiary/aromatic N) is 2. The summed E-state index contributed by atoms with van der Waals surface area (Å²) in [5.74, 6) is -1.06. The Hall–Kier alpha value is -4.39. The second-order valence-electron chi connectivity index (χ2n) is 8.58. The zero-order chi connectivity index (χ0) is 26.0. The normalized spacial score (nSPS) is 10.6. The van der Waals surface area contributed by atoms with E-state index >= 15 is 0 Å². The number of rotatable bonds is 10. The first-order chi connectivity index (χ1) is 18.0. The number of amides is 2. The molecule has 188 valence electrons. The van der Waals surface area contributed by atoms with Gasteiger partial charge in [-0.15, -0.1) is 0 Å². The monoisotopic (exact) mass is 499 g/mol. The van der Waals surface area contributed by atoms with Crippen LogP contribution in [0.5, 0.6) is 0 Å². The minimum atomic E-state index is -0.332. The first-order valence-electron chi connectivity index (χ1n) is 12.1. The average Bonchev–Trinajstić information content (AvgIpc) is 2.92. The van der Waals surface area contributed by atoms with Gasteiger partial charge in [0.1, 0.15) is 11.6 Å². The van der Waals surface area contributed by atoms with Crippen LogP contribution in [0.1, 0.15) is 29.7 Å². The van der Waals surface area contributed by atoms with E-state index in [-0.39, 0.29) is 49.3 Å². The predicted octanol–water partition coefficient (Wildman–Crippen LogP) is 6.10. The molecule has 1 heterocycles.